The maximum absolute atomic E-state index is 11.7. The molecule has 0 bridgehead atoms. The van der Waals surface area contributed by atoms with Crippen LogP contribution in [0.2, 0.25) is 0 Å². The van der Waals surface area contributed by atoms with Crippen molar-refractivity contribution in [1.29, 1.82) is 0 Å². The minimum absolute atomic E-state index is 0.440. The van der Waals surface area contributed by atoms with Crippen molar-refractivity contribution in [3.63, 3.8) is 0 Å². The van der Waals surface area contributed by atoms with Gasteiger partial charge in [-0.3, -0.25) is 9.59 Å². The van der Waals surface area contributed by atoms with Crippen molar-refractivity contribution in [1.82, 2.24) is 4.90 Å². The lowest BCUT2D eigenvalue weighted by molar-refractivity contribution is -0.171. The number of carboxylic acids is 1. The van der Waals surface area contributed by atoms with Gasteiger partial charge in [0.05, 0.1) is 18.1 Å². The van der Waals surface area contributed by atoms with Gasteiger partial charge in [-0.2, -0.15) is 0 Å². The second kappa shape index (κ2) is 3.28. The van der Waals surface area contributed by atoms with Gasteiger partial charge >= 0.3 is 5.97 Å². The summed E-state index contributed by atoms with van der Waals surface area (Å²) >= 11 is 0. The molecule has 6 heteroatoms. The molecule has 0 aromatic heterocycles. The smallest absolute Gasteiger partial charge is 0.334 e. The fraction of sp³-hybridized carbons (Fsp3) is 0.700. The van der Waals surface area contributed by atoms with E-state index in [0.717, 1.165) is 4.90 Å². The SMILES string of the molecule is CC(O)C1C(=O)N2C(C(=O)O)C(=O)C(C)[C@H]12. The van der Waals surface area contributed by atoms with E-state index in [1.54, 1.807) is 6.92 Å². The molecule has 0 aliphatic carbocycles. The van der Waals surface area contributed by atoms with E-state index in [9.17, 15) is 19.5 Å². The van der Waals surface area contributed by atoms with E-state index in [-0.39, 0.29) is 0 Å². The normalized spacial score (nSPS) is 39.3. The average molecular weight is 227 g/mol. The van der Waals surface area contributed by atoms with Crippen molar-refractivity contribution in [2.24, 2.45) is 11.8 Å². The number of carbonyl (C=O) groups is 3. The highest BCUT2D eigenvalue weighted by Crippen LogP contribution is 2.42. The van der Waals surface area contributed by atoms with E-state index in [4.69, 9.17) is 5.11 Å². The predicted octanol–water partition coefficient (Wildman–Crippen LogP) is -1.13. The Hall–Kier alpha value is -1.43. The second-order valence-electron chi connectivity index (χ2n) is 4.43. The van der Waals surface area contributed by atoms with E-state index in [2.05, 4.69) is 0 Å². The first-order valence-electron chi connectivity index (χ1n) is 5.14. The largest absolute Gasteiger partial charge is 0.479 e. The summed E-state index contributed by atoms with van der Waals surface area (Å²) < 4.78 is 0. The van der Waals surface area contributed by atoms with Crippen molar-refractivity contribution < 1.29 is 24.6 Å². The molecule has 16 heavy (non-hydrogen) atoms. The molecule has 0 radical (unpaired) electrons. The number of nitrogens with zero attached hydrogens (tertiary/aromatic N) is 1. The highest BCUT2D eigenvalue weighted by Gasteiger charge is 2.64. The van der Waals surface area contributed by atoms with E-state index in [1.807, 2.05) is 0 Å². The van der Waals surface area contributed by atoms with Gasteiger partial charge < -0.3 is 15.1 Å². The van der Waals surface area contributed by atoms with Gasteiger partial charge in [-0.05, 0) is 6.92 Å². The molecule has 2 heterocycles. The molecule has 88 valence electrons. The summed E-state index contributed by atoms with van der Waals surface area (Å²) in [6.07, 6.45) is -0.850. The number of hydrogen-bond acceptors (Lipinski definition) is 4. The van der Waals surface area contributed by atoms with Gasteiger partial charge in [-0.15, -0.1) is 0 Å². The first kappa shape index (κ1) is 11.1. The van der Waals surface area contributed by atoms with Gasteiger partial charge in [0.2, 0.25) is 5.91 Å². The number of β-lactam (4-membered cyclic amide) rings is 1. The van der Waals surface area contributed by atoms with Crippen LogP contribution in [0.1, 0.15) is 13.8 Å². The van der Waals surface area contributed by atoms with Crippen molar-refractivity contribution >= 4 is 17.7 Å². The van der Waals surface area contributed by atoms with Crippen LogP contribution in [0.4, 0.5) is 0 Å². The maximum Gasteiger partial charge on any atom is 0.334 e. The second-order valence-corrected chi connectivity index (χ2v) is 4.43. The molecule has 6 nitrogen and oxygen atoms in total. The van der Waals surface area contributed by atoms with Crippen LogP contribution in [0.25, 0.3) is 0 Å². The molecular weight excluding hydrogens is 214 g/mol. The van der Waals surface area contributed by atoms with E-state index in [0.29, 0.717) is 0 Å². The van der Waals surface area contributed by atoms with E-state index in [1.165, 1.54) is 6.92 Å². The molecule has 2 rings (SSSR count). The van der Waals surface area contributed by atoms with Gasteiger partial charge in [0, 0.05) is 5.92 Å². The van der Waals surface area contributed by atoms with Crippen LogP contribution >= 0.6 is 0 Å². The summed E-state index contributed by atoms with van der Waals surface area (Å²) in [5.74, 6) is -3.34. The monoisotopic (exact) mass is 227 g/mol. The molecule has 0 aromatic rings. The number of aliphatic hydroxyl groups excluding tert-OH is 1. The quantitative estimate of drug-likeness (QED) is 0.459. The number of ketones is 1. The highest BCUT2D eigenvalue weighted by atomic mass is 16.4. The summed E-state index contributed by atoms with van der Waals surface area (Å²) in [4.78, 5) is 35.3. The van der Waals surface area contributed by atoms with Gasteiger partial charge in [0.25, 0.3) is 0 Å². The third kappa shape index (κ3) is 1.13. The van der Waals surface area contributed by atoms with Crippen molar-refractivity contribution in [2.75, 3.05) is 0 Å². The fourth-order valence-electron chi connectivity index (χ4n) is 2.69. The van der Waals surface area contributed by atoms with Crippen molar-refractivity contribution in [3.05, 3.63) is 0 Å². The molecule has 0 aromatic carbocycles. The Kier molecular flexibility index (Phi) is 2.27. The lowest BCUT2D eigenvalue weighted by Gasteiger charge is -2.46. The molecule has 5 atom stereocenters. The first-order valence-corrected chi connectivity index (χ1v) is 5.14. The number of hydrogen-bond donors (Lipinski definition) is 2. The molecule has 1 amide bonds. The number of rotatable bonds is 2. The Morgan fingerprint density at radius 3 is 2.44 bits per heavy atom. The number of fused-ring (bicyclic) bond motifs is 1. The van der Waals surface area contributed by atoms with Crippen LogP contribution in [0.15, 0.2) is 0 Å². The zero-order valence-corrected chi connectivity index (χ0v) is 8.95. The Morgan fingerprint density at radius 2 is 2.00 bits per heavy atom. The van der Waals surface area contributed by atoms with E-state index < -0.39 is 47.7 Å². The molecule has 2 fully saturated rings. The van der Waals surface area contributed by atoms with Gasteiger partial charge in [-0.1, -0.05) is 6.92 Å². The van der Waals surface area contributed by atoms with Gasteiger partial charge in [0.15, 0.2) is 11.8 Å². The lowest BCUT2D eigenvalue weighted by atomic mass is 9.79. The Bertz CT molecular complexity index is 377. The maximum atomic E-state index is 11.7. The van der Waals surface area contributed by atoms with Gasteiger partial charge in [-0.25, -0.2) is 4.79 Å². The number of aliphatic carboxylic acids is 1. The summed E-state index contributed by atoms with van der Waals surface area (Å²) in [5, 5.41) is 18.3. The Balaban J connectivity index is 2.32. The van der Waals surface area contributed by atoms with Crippen LogP contribution in [-0.4, -0.2) is 51.0 Å². The number of aliphatic hydroxyl groups is 1. The number of carboxylic acid groups (broad SMARTS) is 1. The minimum Gasteiger partial charge on any atom is -0.479 e. The lowest BCUT2D eigenvalue weighted by Crippen LogP contribution is -2.65. The Morgan fingerprint density at radius 1 is 1.44 bits per heavy atom. The molecule has 4 unspecified atom stereocenters. The zero-order chi connectivity index (χ0) is 12.2. The third-order valence-electron chi connectivity index (χ3n) is 3.49. The number of amides is 1. The van der Waals surface area contributed by atoms with Crippen LogP contribution in [-0.2, 0) is 14.4 Å². The Labute approximate surface area is 91.8 Å². The predicted molar refractivity (Wildman–Crippen MR) is 51.4 cm³/mol. The topological polar surface area (TPSA) is 94.9 Å². The molecule has 0 saturated carbocycles. The average Bonchev–Trinajstić information content (AvgIpc) is 2.38. The van der Waals surface area contributed by atoms with E-state index >= 15 is 0 Å². The summed E-state index contributed by atoms with van der Waals surface area (Å²) in [6.45, 7) is 3.08. The zero-order valence-electron chi connectivity index (χ0n) is 8.95. The molecular formula is C10H13NO5. The minimum atomic E-state index is -1.36. The molecule has 0 spiro atoms. The summed E-state index contributed by atoms with van der Waals surface area (Å²) in [6, 6.07) is -1.82. The third-order valence-corrected chi connectivity index (χ3v) is 3.49. The number of Topliss-reactive ketones (excluding diaryl/α,β-unsaturated/α-hetero) is 1. The van der Waals surface area contributed by atoms with Crippen LogP contribution in [0.3, 0.4) is 0 Å². The molecule has 2 N–H and O–H groups in total. The van der Waals surface area contributed by atoms with Crippen LogP contribution < -0.4 is 0 Å². The molecule has 2 saturated heterocycles. The molecule has 2 aliphatic rings. The summed E-state index contributed by atoms with van der Waals surface area (Å²) in [5.41, 5.74) is 0. The number of carbonyl (C=O) groups excluding carboxylic acids is 2. The van der Waals surface area contributed by atoms with Gasteiger partial charge in [0.1, 0.15) is 0 Å². The standard InChI is InChI=1S/C10H13NO5/c1-3-6-5(4(2)12)9(14)11(6)7(8(3)13)10(15)16/h3-7,12H,1-2H3,(H,15,16)/t3?,4?,5?,6-,7?/m1/s1. The first-order chi connectivity index (χ1) is 7.37. The highest BCUT2D eigenvalue weighted by molar-refractivity contribution is 6.11. The van der Waals surface area contributed by atoms with Crippen molar-refractivity contribution in [3.8, 4) is 0 Å². The van der Waals surface area contributed by atoms with Crippen molar-refractivity contribution in [2.45, 2.75) is 32.0 Å². The van der Waals surface area contributed by atoms with Crippen LogP contribution in [0.5, 0.6) is 0 Å². The van der Waals surface area contributed by atoms with Crippen LogP contribution in [0, 0.1) is 11.8 Å². The fourth-order valence-corrected chi connectivity index (χ4v) is 2.69. The molecule has 2 aliphatic heterocycles. The summed E-state index contributed by atoms with van der Waals surface area (Å²) in [7, 11) is 0.